The topological polar surface area (TPSA) is 61.8 Å². The molecule has 0 aromatic carbocycles. The zero-order chi connectivity index (χ0) is 20.0. The van der Waals surface area contributed by atoms with Crippen LogP contribution in [-0.4, -0.2) is 61.3 Å². The lowest BCUT2D eigenvalue weighted by molar-refractivity contribution is 0.150. The number of hydrogen-bond donors (Lipinski definition) is 2. The van der Waals surface area contributed by atoms with Gasteiger partial charge in [-0.1, -0.05) is 20.8 Å². The van der Waals surface area contributed by atoms with Crippen molar-refractivity contribution >= 4 is 17.3 Å². The van der Waals surface area contributed by atoms with Gasteiger partial charge in [0.15, 0.2) is 5.96 Å². The van der Waals surface area contributed by atoms with Crippen molar-refractivity contribution in [1.29, 1.82) is 0 Å². The van der Waals surface area contributed by atoms with Crippen LogP contribution >= 0.6 is 11.3 Å². The van der Waals surface area contributed by atoms with Crippen LogP contribution in [0.3, 0.4) is 0 Å². The van der Waals surface area contributed by atoms with Crippen LogP contribution in [0.2, 0.25) is 0 Å². The Morgan fingerprint density at radius 1 is 1.32 bits per heavy atom. The maximum atomic E-state index is 5.52. The van der Waals surface area contributed by atoms with Gasteiger partial charge in [0.1, 0.15) is 5.01 Å². The summed E-state index contributed by atoms with van der Waals surface area (Å²) in [5.74, 6) is 1.65. The van der Waals surface area contributed by atoms with Crippen molar-refractivity contribution < 1.29 is 4.74 Å². The molecule has 2 aliphatic heterocycles. The van der Waals surface area contributed by atoms with E-state index in [9.17, 15) is 0 Å². The number of thiazole rings is 1. The van der Waals surface area contributed by atoms with E-state index >= 15 is 0 Å². The summed E-state index contributed by atoms with van der Waals surface area (Å²) in [5, 5.41) is 10.3. The number of hydrogen-bond acceptors (Lipinski definition) is 5. The second kappa shape index (κ2) is 10.0. The second-order valence-corrected chi connectivity index (χ2v) is 9.96. The molecule has 28 heavy (non-hydrogen) atoms. The Balaban J connectivity index is 1.47. The summed E-state index contributed by atoms with van der Waals surface area (Å²) in [4.78, 5) is 12.1. The molecule has 0 radical (unpaired) electrons. The molecule has 3 rings (SSSR count). The van der Waals surface area contributed by atoms with Crippen molar-refractivity contribution in [1.82, 2.24) is 20.5 Å². The highest BCUT2D eigenvalue weighted by molar-refractivity contribution is 7.09. The lowest BCUT2D eigenvalue weighted by Gasteiger charge is -2.34. The molecule has 1 aromatic heterocycles. The Kier molecular flexibility index (Phi) is 7.71. The van der Waals surface area contributed by atoms with Gasteiger partial charge in [-0.3, -0.25) is 0 Å². The van der Waals surface area contributed by atoms with Crippen LogP contribution in [0.15, 0.2) is 10.4 Å². The van der Waals surface area contributed by atoms with Crippen molar-refractivity contribution in [2.24, 2.45) is 10.9 Å². The molecule has 0 spiro atoms. The minimum absolute atomic E-state index is 0.0970. The summed E-state index contributed by atoms with van der Waals surface area (Å²) in [6, 6.07) is 0.496. The molecule has 2 saturated heterocycles. The number of aliphatic imine (C=N–C) groups is 1. The normalized spacial score (nSPS) is 22.6. The fourth-order valence-electron chi connectivity index (χ4n) is 3.74. The van der Waals surface area contributed by atoms with Crippen LogP contribution in [0.4, 0.5) is 0 Å². The van der Waals surface area contributed by atoms with Gasteiger partial charge in [-0.05, 0) is 32.1 Å². The third-order valence-corrected chi connectivity index (χ3v) is 6.34. The van der Waals surface area contributed by atoms with Crippen molar-refractivity contribution in [2.45, 2.75) is 65.0 Å². The highest BCUT2D eigenvalue weighted by atomic mass is 32.1. The van der Waals surface area contributed by atoms with Crippen molar-refractivity contribution in [3.63, 3.8) is 0 Å². The standard InChI is InChI=1S/C21H37N5OS/c1-5-22-20(23-12-19-25-18(15-28-19)21(2,3)4)24-17-6-9-26(10-7-17)13-16-8-11-27-14-16/h15-17H,5-14H2,1-4H3,(H2,22,23,24). The molecule has 3 heterocycles. The number of guanidine groups is 1. The molecule has 0 aliphatic carbocycles. The zero-order valence-corrected chi connectivity index (χ0v) is 18.8. The molecular formula is C21H37N5OS. The molecule has 1 atom stereocenters. The predicted molar refractivity (Wildman–Crippen MR) is 117 cm³/mol. The third kappa shape index (κ3) is 6.42. The Labute approximate surface area is 174 Å². The first kappa shape index (κ1) is 21.5. The molecule has 1 unspecified atom stereocenters. The van der Waals surface area contributed by atoms with Gasteiger partial charge in [0, 0.05) is 49.6 Å². The van der Waals surface area contributed by atoms with Gasteiger partial charge in [0.25, 0.3) is 0 Å². The summed E-state index contributed by atoms with van der Waals surface area (Å²) in [5.41, 5.74) is 1.25. The van der Waals surface area contributed by atoms with Crippen LogP contribution in [0.5, 0.6) is 0 Å². The minimum atomic E-state index is 0.0970. The molecule has 0 bridgehead atoms. The van der Waals surface area contributed by atoms with Crippen molar-refractivity contribution in [3.8, 4) is 0 Å². The summed E-state index contributed by atoms with van der Waals surface area (Å²) in [6.45, 7) is 15.6. The Morgan fingerprint density at radius 2 is 2.11 bits per heavy atom. The van der Waals surface area contributed by atoms with Gasteiger partial charge in [-0.15, -0.1) is 11.3 Å². The quantitative estimate of drug-likeness (QED) is 0.561. The molecule has 158 valence electrons. The van der Waals surface area contributed by atoms with Gasteiger partial charge in [-0.2, -0.15) is 0 Å². The molecule has 0 amide bonds. The summed E-state index contributed by atoms with van der Waals surface area (Å²) < 4.78 is 5.52. The predicted octanol–water partition coefficient (Wildman–Crippen LogP) is 3.00. The first-order valence-electron chi connectivity index (χ1n) is 10.7. The number of ether oxygens (including phenoxy) is 1. The van der Waals surface area contributed by atoms with Gasteiger partial charge < -0.3 is 20.3 Å². The first-order valence-corrected chi connectivity index (χ1v) is 11.6. The second-order valence-electron chi connectivity index (χ2n) is 9.02. The van der Waals surface area contributed by atoms with Crippen LogP contribution in [0, 0.1) is 5.92 Å². The van der Waals surface area contributed by atoms with Crippen molar-refractivity contribution in [2.75, 3.05) is 39.4 Å². The Hall–Kier alpha value is -1.18. The SMILES string of the molecule is CCNC(=NCc1nc(C(C)(C)C)cs1)NC1CCN(CC2CCOC2)CC1. The van der Waals surface area contributed by atoms with Gasteiger partial charge in [-0.25, -0.2) is 9.98 Å². The van der Waals surface area contributed by atoms with Crippen LogP contribution in [0.1, 0.15) is 57.7 Å². The molecule has 2 N–H and O–H groups in total. The van der Waals surface area contributed by atoms with E-state index in [-0.39, 0.29) is 5.41 Å². The van der Waals surface area contributed by atoms with E-state index in [1.807, 2.05) is 0 Å². The number of piperidine rings is 1. The average Bonchev–Trinajstić information content (AvgIpc) is 3.33. The van der Waals surface area contributed by atoms with Crippen LogP contribution in [-0.2, 0) is 16.7 Å². The fraction of sp³-hybridized carbons (Fsp3) is 0.810. The molecule has 2 fully saturated rings. The van der Waals surface area contributed by atoms with E-state index in [0.29, 0.717) is 12.6 Å². The smallest absolute Gasteiger partial charge is 0.191 e. The molecule has 6 nitrogen and oxygen atoms in total. The zero-order valence-electron chi connectivity index (χ0n) is 18.0. The molecular weight excluding hydrogens is 370 g/mol. The monoisotopic (exact) mass is 407 g/mol. The lowest BCUT2D eigenvalue weighted by atomic mass is 9.93. The summed E-state index contributed by atoms with van der Waals surface area (Å²) in [6.07, 6.45) is 3.57. The molecule has 7 heteroatoms. The van der Waals surface area contributed by atoms with E-state index in [0.717, 1.165) is 55.4 Å². The van der Waals surface area contributed by atoms with E-state index in [1.54, 1.807) is 11.3 Å². The van der Waals surface area contributed by atoms with Gasteiger partial charge in [0.05, 0.1) is 18.8 Å². The van der Waals surface area contributed by atoms with E-state index < -0.39 is 0 Å². The molecule has 0 saturated carbocycles. The third-order valence-electron chi connectivity index (χ3n) is 5.51. The van der Waals surface area contributed by atoms with Crippen LogP contribution in [0.25, 0.3) is 0 Å². The summed E-state index contributed by atoms with van der Waals surface area (Å²) >= 11 is 1.71. The largest absolute Gasteiger partial charge is 0.381 e. The minimum Gasteiger partial charge on any atom is -0.381 e. The number of aromatic nitrogens is 1. The van der Waals surface area contributed by atoms with Gasteiger partial charge in [0.2, 0.25) is 0 Å². The molecule has 2 aliphatic rings. The average molecular weight is 408 g/mol. The number of rotatable bonds is 6. The number of nitrogens with zero attached hydrogens (tertiary/aromatic N) is 3. The van der Waals surface area contributed by atoms with Crippen molar-refractivity contribution in [3.05, 3.63) is 16.1 Å². The number of nitrogens with one attached hydrogen (secondary N) is 2. The first-order chi connectivity index (χ1) is 13.4. The lowest BCUT2D eigenvalue weighted by Crippen LogP contribution is -2.49. The Morgan fingerprint density at radius 3 is 2.71 bits per heavy atom. The number of likely N-dealkylation sites (tertiary alicyclic amines) is 1. The molecule has 1 aromatic rings. The van der Waals surface area contributed by atoms with E-state index in [4.69, 9.17) is 14.7 Å². The maximum absolute atomic E-state index is 5.52. The fourth-order valence-corrected chi connectivity index (χ4v) is 4.68. The van der Waals surface area contributed by atoms with E-state index in [2.05, 4.69) is 48.6 Å². The van der Waals surface area contributed by atoms with Crippen LogP contribution < -0.4 is 10.6 Å². The maximum Gasteiger partial charge on any atom is 0.191 e. The van der Waals surface area contributed by atoms with E-state index in [1.165, 1.54) is 25.8 Å². The Bertz CT molecular complexity index is 625. The highest BCUT2D eigenvalue weighted by Gasteiger charge is 2.24. The summed E-state index contributed by atoms with van der Waals surface area (Å²) in [7, 11) is 0. The van der Waals surface area contributed by atoms with Gasteiger partial charge >= 0.3 is 0 Å². The highest BCUT2D eigenvalue weighted by Crippen LogP contribution is 2.24.